The first-order valence-corrected chi connectivity index (χ1v) is 6.61. The van der Waals surface area contributed by atoms with E-state index in [0.29, 0.717) is 17.7 Å². The first-order chi connectivity index (χ1) is 8.24. The van der Waals surface area contributed by atoms with Crippen LogP contribution in [-0.4, -0.2) is 28.0 Å². The lowest BCUT2D eigenvalue weighted by molar-refractivity contribution is 0.446. The lowest BCUT2D eigenvalue weighted by Gasteiger charge is -2.35. The molecule has 2 heterocycles. The fraction of sp³-hybridized carbons (Fsp3) is 0.667. The largest absolute Gasteiger partial charge is 0.349 e. The average Bonchev–Trinajstić information content (AvgIpc) is 2.34. The highest BCUT2D eigenvalue weighted by molar-refractivity contribution is 6.17. The average molecular weight is 256 g/mol. The second-order valence-corrected chi connectivity index (χ2v) is 4.87. The topological polar surface area (TPSA) is 38.1 Å². The van der Waals surface area contributed by atoms with Crippen LogP contribution in [0.5, 0.6) is 0 Å². The molecule has 4 nitrogen and oxygen atoms in total. The van der Waals surface area contributed by atoms with Crippen LogP contribution in [0.4, 0.5) is 5.82 Å². The molecule has 0 amide bonds. The summed E-state index contributed by atoms with van der Waals surface area (Å²) in [6, 6.07) is 0.365. The molecule has 0 N–H and O–H groups in total. The molecule has 0 radical (unpaired) electrons. The van der Waals surface area contributed by atoms with Crippen molar-refractivity contribution in [3.63, 3.8) is 0 Å². The maximum Gasteiger partial charge on any atom is 0.293 e. The molecular formula is C12H18ClN3O. The zero-order valence-corrected chi connectivity index (χ0v) is 10.9. The van der Waals surface area contributed by atoms with Gasteiger partial charge in [-0.3, -0.25) is 4.79 Å². The molecule has 1 atom stereocenters. The highest BCUT2D eigenvalue weighted by Gasteiger charge is 2.25. The van der Waals surface area contributed by atoms with Gasteiger partial charge in [-0.1, -0.05) is 0 Å². The lowest BCUT2D eigenvalue weighted by atomic mass is 10.0. The first-order valence-electron chi connectivity index (χ1n) is 6.08. The Morgan fingerprint density at radius 2 is 2.35 bits per heavy atom. The van der Waals surface area contributed by atoms with Crippen LogP contribution in [0.2, 0.25) is 0 Å². The van der Waals surface area contributed by atoms with Gasteiger partial charge in [0.05, 0.1) is 0 Å². The normalized spacial score (nSPS) is 20.6. The molecule has 1 aliphatic rings. The smallest absolute Gasteiger partial charge is 0.293 e. The molecule has 0 spiro atoms. The molecule has 1 fully saturated rings. The molecule has 17 heavy (non-hydrogen) atoms. The lowest BCUT2D eigenvalue weighted by Crippen LogP contribution is -2.43. The van der Waals surface area contributed by atoms with Gasteiger partial charge in [-0.2, -0.15) is 0 Å². The Morgan fingerprint density at radius 3 is 3.12 bits per heavy atom. The summed E-state index contributed by atoms with van der Waals surface area (Å²) in [5.74, 6) is 1.21. The van der Waals surface area contributed by atoms with Gasteiger partial charge >= 0.3 is 0 Å². The van der Waals surface area contributed by atoms with Crippen LogP contribution in [-0.2, 0) is 7.05 Å². The van der Waals surface area contributed by atoms with Crippen LogP contribution in [0.1, 0.15) is 25.7 Å². The number of anilines is 1. The van der Waals surface area contributed by atoms with Crippen molar-refractivity contribution in [2.45, 2.75) is 31.7 Å². The van der Waals surface area contributed by atoms with Gasteiger partial charge in [0, 0.05) is 37.9 Å². The summed E-state index contributed by atoms with van der Waals surface area (Å²) in [5, 5.41) is 0. The summed E-state index contributed by atoms with van der Waals surface area (Å²) in [6.45, 7) is 0.911. The third-order valence-corrected chi connectivity index (χ3v) is 3.56. The maximum atomic E-state index is 12.0. The zero-order valence-electron chi connectivity index (χ0n) is 10.1. The first kappa shape index (κ1) is 12.4. The predicted molar refractivity (Wildman–Crippen MR) is 69.8 cm³/mol. The highest BCUT2D eigenvalue weighted by Crippen LogP contribution is 2.23. The van der Waals surface area contributed by atoms with Crippen molar-refractivity contribution in [2.24, 2.45) is 7.05 Å². The standard InChI is InChI=1S/C12H18ClN3O/c1-15-9-7-14-11(12(15)17)16-8-3-2-4-10(16)5-6-13/h7,9-10H,2-6,8H2,1H3. The van der Waals surface area contributed by atoms with Crippen LogP contribution in [0, 0.1) is 0 Å². The molecule has 1 unspecified atom stereocenters. The van der Waals surface area contributed by atoms with Gasteiger partial charge in [0.15, 0.2) is 5.82 Å². The van der Waals surface area contributed by atoms with Crippen molar-refractivity contribution in [1.82, 2.24) is 9.55 Å². The van der Waals surface area contributed by atoms with Crippen LogP contribution in [0.3, 0.4) is 0 Å². The number of nitrogens with zero attached hydrogens (tertiary/aromatic N) is 3. The molecule has 1 aliphatic heterocycles. The van der Waals surface area contributed by atoms with Crippen LogP contribution in [0.25, 0.3) is 0 Å². The Kier molecular flexibility index (Phi) is 4.05. The minimum Gasteiger partial charge on any atom is -0.349 e. The molecular weight excluding hydrogens is 238 g/mol. The van der Waals surface area contributed by atoms with Crippen molar-refractivity contribution >= 4 is 17.4 Å². The number of rotatable bonds is 3. The van der Waals surface area contributed by atoms with Crippen molar-refractivity contribution in [1.29, 1.82) is 0 Å². The number of alkyl halides is 1. The molecule has 5 heteroatoms. The molecule has 1 saturated heterocycles. The summed E-state index contributed by atoms with van der Waals surface area (Å²) >= 11 is 5.83. The summed E-state index contributed by atoms with van der Waals surface area (Å²) in [7, 11) is 1.76. The van der Waals surface area contributed by atoms with E-state index < -0.39 is 0 Å². The van der Waals surface area contributed by atoms with E-state index in [9.17, 15) is 4.79 Å². The van der Waals surface area contributed by atoms with Crippen molar-refractivity contribution in [2.75, 3.05) is 17.3 Å². The maximum absolute atomic E-state index is 12.0. The van der Waals surface area contributed by atoms with Crippen molar-refractivity contribution in [3.05, 3.63) is 22.7 Å². The molecule has 1 aromatic heterocycles. The third kappa shape index (κ3) is 2.63. The zero-order chi connectivity index (χ0) is 12.3. The van der Waals surface area contributed by atoms with Gasteiger partial charge in [0.1, 0.15) is 0 Å². The number of hydrogen-bond donors (Lipinski definition) is 0. The fourth-order valence-corrected chi connectivity index (χ4v) is 2.64. The Bertz CT molecular complexity index is 430. The predicted octanol–water partition coefficient (Wildman–Crippen LogP) is 1.77. The summed E-state index contributed by atoms with van der Waals surface area (Å²) in [6.07, 6.45) is 7.73. The van der Waals surface area contributed by atoms with Crippen molar-refractivity contribution < 1.29 is 0 Å². The number of halogens is 1. The minimum atomic E-state index is -0.0195. The molecule has 0 saturated carbocycles. The molecule has 94 valence electrons. The van der Waals surface area contributed by atoms with Gasteiger partial charge < -0.3 is 9.47 Å². The molecule has 0 bridgehead atoms. The van der Waals surface area contributed by atoms with Gasteiger partial charge in [0.2, 0.25) is 0 Å². The Morgan fingerprint density at radius 1 is 1.53 bits per heavy atom. The second-order valence-electron chi connectivity index (χ2n) is 4.49. The van der Waals surface area contributed by atoms with E-state index in [1.807, 2.05) is 0 Å². The van der Waals surface area contributed by atoms with Crippen LogP contribution in [0.15, 0.2) is 17.2 Å². The Labute approximate surface area is 106 Å². The molecule has 1 aromatic rings. The minimum absolute atomic E-state index is 0.0195. The summed E-state index contributed by atoms with van der Waals surface area (Å²) < 4.78 is 1.58. The van der Waals surface area contributed by atoms with Gasteiger partial charge in [0.25, 0.3) is 5.56 Å². The third-order valence-electron chi connectivity index (χ3n) is 3.34. The quantitative estimate of drug-likeness (QED) is 0.773. The van der Waals surface area contributed by atoms with Crippen molar-refractivity contribution in [3.8, 4) is 0 Å². The number of piperidine rings is 1. The molecule has 0 aliphatic carbocycles. The SMILES string of the molecule is Cn1ccnc(N2CCCCC2CCCl)c1=O. The Balaban J connectivity index is 2.29. The number of aromatic nitrogens is 2. The monoisotopic (exact) mass is 255 g/mol. The summed E-state index contributed by atoms with van der Waals surface area (Å²) in [5.41, 5.74) is -0.0195. The van der Waals surface area contributed by atoms with E-state index in [4.69, 9.17) is 11.6 Å². The van der Waals surface area contributed by atoms with E-state index in [1.54, 1.807) is 24.0 Å². The number of hydrogen-bond acceptors (Lipinski definition) is 3. The highest BCUT2D eigenvalue weighted by atomic mass is 35.5. The molecule has 0 aromatic carbocycles. The van der Waals surface area contributed by atoms with E-state index in [1.165, 1.54) is 6.42 Å². The van der Waals surface area contributed by atoms with E-state index >= 15 is 0 Å². The van der Waals surface area contributed by atoms with Crippen LogP contribution >= 0.6 is 11.6 Å². The van der Waals surface area contributed by atoms with Gasteiger partial charge in [-0.05, 0) is 25.7 Å². The second kappa shape index (κ2) is 5.54. The molecule has 2 rings (SSSR count). The van der Waals surface area contributed by atoms with E-state index in [0.717, 1.165) is 25.8 Å². The van der Waals surface area contributed by atoms with Gasteiger partial charge in [-0.25, -0.2) is 4.98 Å². The number of aryl methyl sites for hydroxylation is 1. The van der Waals surface area contributed by atoms with Crippen LogP contribution < -0.4 is 10.5 Å². The van der Waals surface area contributed by atoms with Gasteiger partial charge in [-0.15, -0.1) is 11.6 Å². The van der Waals surface area contributed by atoms with E-state index in [2.05, 4.69) is 9.88 Å². The summed E-state index contributed by atoms with van der Waals surface area (Å²) in [4.78, 5) is 18.4. The van der Waals surface area contributed by atoms with E-state index in [-0.39, 0.29) is 5.56 Å². The fourth-order valence-electron chi connectivity index (χ4n) is 2.39. The Hall–Kier alpha value is -1.03.